The normalized spacial score (nSPS) is 9.42. The molecule has 0 aliphatic heterocycles. The van der Waals surface area contributed by atoms with E-state index in [2.05, 4.69) is 0 Å². The number of phenols is 1. The van der Waals surface area contributed by atoms with Gasteiger partial charge in [0, 0.05) is 0 Å². The van der Waals surface area contributed by atoms with Crippen LogP contribution in [-0.4, -0.2) is 23.3 Å². The second-order valence-electron chi connectivity index (χ2n) is 2.19. The van der Waals surface area contributed by atoms with E-state index in [1.807, 2.05) is 0 Å². The topological polar surface area (TPSA) is 66.8 Å². The number of phenolic OH excluding ortho intramolecular Hbond substituents is 1. The fourth-order valence-electron chi connectivity index (χ4n) is 0.811. The first-order valence-electron chi connectivity index (χ1n) is 3.25. The Morgan fingerprint density at radius 2 is 2.17 bits per heavy atom. The SMILES string of the molecule is CO[13c]1[13cH][13c](C(=O)O)[13cH][13cH][13c]1O. The fourth-order valence-corrected chi connectivity index (χ4v) is 0.811. The smallest absolute Gasteiger partial charge is 0.335 e. The summed E-state index contributed by atoms with van der Waals surface area (Å²) in [6, 6.07) is 3.85. The molecule has 12 heavy (non-hydrogen) atoms. The molecular weight excluding hydrogens is 166 g/mol. The molecule has 1 aromatic rings. The predicted molar refractivity (Wildman–Crippen MR) is 41.6 cm³/mol. The Labute approximate surface area is 69.0 Å². The van der Waals surface area contributed by atoms with Crippen molar-refractivity contribution in [3.8, 4) is 11.5 Å². The van der Waals surface area contributed by atoms with Gasteiger partial charge in [0.2, 0.25) is 0 Å². The first-order valence-corrected chi connectivity index (χ1v) is 3.25. The van der Waals surface area contributed by atoms with Crippen molar-refractivity contribution in [2.45, 2.75) is 0 Å². The Balaban J connectivity index is 3.13. The Bertz CT molecular complexity index is 306. The number of carboxylic acid groups (broad SMARTS) is 1. The van der Waals surface area contributed by atoms with Gasteiger partial charge in [-0.1, -0.05) is 0 Å². The maximum atomic E-state index is 10.4. The molecule has 0 atom stereocenters. The van der Waals surface area contributed by atoms with E-state index in [0.29, 0.717) is 0 Å². The number of aromatic carboxylic acids is 1. The van der Waals surface area contributed by atoms with E-state index in [1.54, 1.807) is 0 Å². The molecule has 2 N–H and O–H groups in total. The highest BCUT2D eigenvalue weighted by atomic mass is 16.6. The van der Waals surface area contributed by atoms with Gasteiger partial charge in [0.15, 0.2) is 11.5 Å². The number of hydrogen-bond acceptors (Lipinski definition) is 3. The van der Waals surface area contributed by atoms with E-state index in [-0.39, 0.29) is 17.1 Å². The lowest BCUT2D eigenvalue weighted by Gasteiger charge is -2.02. The molecule has 0 bridgehead atoms. The molecule has 0 saturated heterocycles. The molecule has 0 fully saturated rings. The molecule has 1 rings (SSSR count). The molecule has 1 aromatic carbocycles. The van der Waals surface area contributed by atoms with Crippen molar-refractivity contribution < 1.29 is 19.7 Å². The molecule has 0 aromatic heterocycles. The van der Waals surface area contributed by atoms with E-state index in [4.69, 9.17) is 14.9 Å². The number of ether oxygens (including phenoxy) is 1. The second kappa shape index (κ2) is 3.13. The molecule has 0 saturated carbocycles. The second-order valence-corrected chi connectivity index (χ2v) is 2.19. The van der Waals surface area contributed by atoms with E-state index in [9.17, 15) is 4.79 Å². The van der Waals surface area contributed by atoms with Gasteiger partial charge in [0.1, 0.15) is 0 Å². The van der Waals surface area contributed by atoms with Crippen LogP contribution in [0.25, 0.3) is 0 Å². The number of carboxylic acids is 1. The summed E-state index contributed by atoms with van der Waals surface area (Å²) in [5.41, 5.74) is 0.0876. The van der Waals surface area contributed by atoms with Crippen LogP contribution in [0.5, 0.6) is 11.5 Å². The van der Waals surface area contributed by atoms with Gasteiger partial charge < -0.3 is 14.9 Å². The number of benzene rings is 1. The van der Waals surface area contributed by atoms with Gasteiger partial charge in [-0.25, -0.2) is 4.79 Å². The van der Waals surface area contributed by atoms with Crippen molar-refractivity contribution in [2.75, 3.05) is 7.11 Å². The largest absolute Gasteiger partial charge is 0.504 e. The molecule has 0 unspecified atom stereocenters. The van der Waals surface area contributed by atoms with Gasteiger partial charge >= 0.3 is 5.97 Å². The lowest BCUT2D eigenvalue weighted by atomic mass is 10.9. The monoisotopic (exact) mass is 174 g/mol. The lowest BCUT2D eigenvalue weighted by Crippen LogP contribution is -1.96. The average molecular weight is 174 g/mol. The van der Waals surface area contributed by atoms with Crippen molar-refractivity contribution in [3.05, 3.63) is 23.8 Å². The summed E-state index contributed by atoms with van der Waals surface area (Å²) < 4.78 is 4.72. The van der Waals surface area contributed by atoms with Crippen LogP contribution in [0.3, 0.4) is 0 Å². The lowest BCUT2D eigenvalue weighted by molar-refractivity contribution is 0.0696. The summed E-state index contributed by atoms with van der Waals surface area (Å²) in [6.07, 6.45) is 0. The van der Waals surface area contributed by atoms with Crippen molar-refractivity contribution in [3.63, 3.8) is 0 Å². The van der Waals surface area contributed by atoms with Crippen LogP contribution >= 0.6 is 0 Å². The van der Waals surface area contributed by atoms with E-state index < -0.39 is 5.97 Å². The van der Waals surface area contributed by atoms with E-state index in [0.717, 1.165) is 0 Å². The highest BCUT2D eigenvalue weighted by Crippen LogP contribution is 2.25. The molecule has 64 valence electrons. The van der Waals surface area contributed by atoms with Crippen LogP contribution < -0.4 is 4.74 Å². The number of rotatable bonds is 2. The zero-order valence-corrected chi connectivity index (χ0v) is 6.44. The molecular formula is C8H8O4. The number of methoxy groups -OCH3 is 1. The summed E-state index contributed by atoms with van der Waals surface area (Å²) in [4.78, 5) is 10.4. The first-order chi connectivity index (χ1) is 5.65. The highest BCUT2D eigenvalue weighted by Gasteiger charge is 2.06. The summed E-state index contributed by atoms with van der Waals surface area (Å²) in [5.74, 6) is -0.953. The highest BCUT2D eigenvalue weighted by molar-refractivity contribution is 5.88. The maximum absolute atomic E-state index is 10.4. The third-order valence-electron chi connectivity index (χ3n) is 1.43. The Morgan fingerprint density at radius 3 is 2.67 bits per heavy atom. The van der Waals surface area contributed by atoms with Gasteiger partial charge in [-0.05, 0) is 18.2 Å². The molecule has 0 spiro atoms. The first kappa shape index (κ1) is 8.39. The average Bonchev–Trinajstić information content (AvgIpc) is 2.05. The Hall–Kier alpha value is -1.71. The Morgan fingerprint density at radius 1 is 1.50 bits per heavy atom. The fraction of sp³-hybridized carbons (Fsp3) is 0.125. The molecule has 0 heterocycles. The van der Waals surface area contributed by atoms with Crippen LogP contribution in [0.1, 0.15) is 10.4 Å². The summed E-state index contributed by atoms with van der Waals surface area (Å²) in [7, 11) is 1.36. The van der Waals surface area contributed by atoms with Crippen LogP contribution in [0, 0.1) is 0 Å². The predicted octanol–water partition coefficient (Wildman–Crippen LogP) is 1.10. The van der Waals surface area contributed by atoms with E-state index >= 15 is 0 Å². The zero-order chi connectivity index (χ0) is 9.14. The molecule has 0 aliphatic carbocycles. The third-order valence-corrected chi connectivity index (χ3v) is 1.43. The number of aromatic hydroxyl groups is 1. The summed E-state index contributed by atoms with van der Waals surface area (Å²) in [5, 5.41) is 17.7. The maximum Gasteiger partial charge on any atom is 0.335 e. The summed E-state index contributed by atoms with van der Waals surface area (Å²) in [6.45, 7) is 0. The van der Waals surface area contributed by atoms with E-state index in [1.165, 1.54) is 25.3 Å². The molecule has 0 aliphatic rings. The minimum atomic E-state index is -1.05. The Kier molecular flexibility index (Phi) is 2.19. The quantitative estimate of drug-likeness (QED) is 0.704. The molecule has 0 amide bonds. The minimum absolute atomic E-state index is 0.0671. The van der Waals surface area contributed by atoms with Gasteiger partial charge in [-0.2, -0.15) is 0 Å². The zero-order valence-electron chi connectivity index (χ0n) is 6.44. The third kappa shape index (κ3) is 1.47. The molecule has 4 nitrogen and oxygen atoms in total. The van der Waals surface area contributed by atoms with Gasteiger partial charge in [-0.3, -0.25) is 0 Å². The van der Waals surface area contributed by atoms with Gasteiger partial charge in [0.25, 0.3) is 0 Å². The molecule has 0 radical (unpaired) electrons. The van der Waals surface area contributed by atoms with Crippen molar-refractivity contribution in [1.29, 1.82) is 0 Å². The van der Waals surface area contributed by atoms with Gasteiger partial charge in [0.05, 0.1) is 12.7 Å². The van der Waals surface area contributed by atoms with Crippen molar-refractivity contribution in [1.82, 2.24) is 0 Å². The van der Waals surface area contributed by atoms with Crippen LogP contribution in [0.4, 0.5) is 0 Å². The number of hydrogen-bond donors (Lipinski definition) is 2. The van der Waals surface area contributed by atoms with Crippen LogP contribution in [0.2, 0.25) is 0 Å². The molecule has 4 heteroatoms. The standard InChI is InChI=1S/C8H8O4/c1-12-7-4-5(8(10)11)2-3-6(7)9/h2-4,9H,1H3,(H,10,11)/i2+1,3+1,4+1,5+1,6+1,7+1. The number of carbonyl (C=O) groups is 1. The van der Waals surface area contributed by atoms with Crippen molar-refractivity contribution >= 4 is 5.97 Å². The van der Waals surface area contributed by atoms with Crippen molar-refractivity contribution in [2.24, 2.45) is 0 Å². The minimum Gasteiger partial charge on any atom is -0.504 e. The van der Waals surface area contributed by atoms with Gasteiger partial charge in [-0.15, -0.1) is 0 Å². The summed E-state index contributed by atoms with van der Waals surface area (Å²) >= 11 is 0. The van der Waals surface area contributed by atoms with Crippen LogP contribution in [-0.2, 0) is 0 Å². The van der Waals surface area contributed by atoms with Crippen LogP contribution in [0.15, 0.2) is 18.2 Å².